The highest BCUT2D eigenvalue weighted by Crippen LogP contribution is 2.35. The zero-order valence-electron chi connectivity index (χ0n) is 39.4. The Kier molecular flexibility index (Phi) is 19.9. The second-order valence-electron chi connectivity index (χ2n) is 16.5. The van der Waals surface area contributed by atoms with Crippen LogP contribution in [0.1, 0.15) is 78.9 Å². The standard InChI is InChI=1S/C19H21BrN6O4S.C18H17N5O5S.2C4H10/c1-10-8-11(4-7-14(10)27)9-26(21)18-17(23-31(30)24-18)22-13-6-5-12(20)15(16(13)28)19(29)25(2)3;1-19-18(25)11-3-2-4-12(15(11)24)21-17-16(22-29(26)23-17)20-8-10-5-6-13-14(7-10)28-9-27-13;2*1-4(2)3/h4-8,27-28H,9,21H2,1-3H3,(H,22,23);2-7,24H,8-9H2,1H3,(H,19,25)(H,20,22)(H,21,23);2*4H,1-3H3. The molecule has 23 heteroatoms. The molecule has 4 aromatic carbocycles. The molecule has 0 saturated carbocycles. The summed E-state index contributed by atoms with van der Waals surface area (Å²) in [6, 6.07) is 18.4. The van der Waals surface area contributed by atoms with E-state index >= 15 is 0 Å². The summed E-state index contributed by atoms with van der Waals surface area (Å²) in [5.41, 5.74) is 2.96. The monoisotopic (exact) mass is 1040 g/mol. The Morgan fingerprint density at radius 3 is 2.01 bits per heavy atom. The molecular formula is C45H58BrN11O9S2. The van der Waals surface area contributed by atoms with E-state index in [2.05, 4.69) is 96.3 Å². The number of anilines is 2. The lowest BCUT2D eigenvalue weighted by Crippen LogP contribution is -2.42. The molecule has 3 aliphatic rings. The predicted molar refractivity (Wildman–Crippen MR) is 272 cm³/mol. The highest BCUT2D eigenvalue weighted by atomic mass is 79.9. The van der Waals surface area contributed by atoms with E-state index in [0.29, 0.717) is 28.1 Å². The third-order valence-corrected chi connectivity index (χ3v) is 10.7. The Morgan fingerprint density at radius 2 is 1.37 bits per heavy atom. The molecule has 366 valence electrons. The fourth-order valence-electron chi connectivity index (χ4n) is 5.62. The summed E-state index contributed by atoms with van der Waals surface area (Å²) in [6.45, 7) is 15.5. The molecule has 2 atom stereocenters. The minimum Gasteiger partial charge on any atom is -0.508 e. The first kappa shape index (κ1) is 54.0. The minimum absolute atomic E-state index is 0.0670. The number of aromatic hydroxyl groups is 3. The molecule has 9 N–H and O–H groups in total. The smallest absolute Gasteiger partial charge is 0.269 e. The van der Waals surface area contributed by atoms with E-state index in [0.717, 1.165) is 23.0 Å². The van der Waals surface area contributed by atoms with Crippen LogP contribution in [0, 0.1) is 18.8 Å². The Balaban J connectivity index is 0.000000256. The van der Waals surface area contributed by atoms with Crippen LogP contribution in [0.5, 0.6) is 28.7 Å². The number of nitrogens with one attached hydrogen (secondary N) is 4. The van der Waals surface area contributed by atoms with Gasteiger partial charge in [0.25, 0.3) is 34.2 Å². The number of hydrogen-bond acceptors (Lipinski definition) is 14. The van der Waals surface area contributed by atoms with Gasteiger partial charge in [0, 0.05) is 32.2 Å². The van der Waals surface area contributed by atoms with Crippen LogP contribution in [0.4, 0.5) is 11.4 Å². The van der Waals surface area contributed by atoms with Gasteiger partial charge in [-0.3, -0.25) is 14.6 Å². The summed E-state index contributed by atoms with van der Waals surface area (Å²) in [7, 11) is 4.61. The number of ether oxygens (including phenoxy) is 2. The number of hydrogen-bond donors (Lipinski definition) is 8. The van der Waals surface area contributed by atoms with Crippen molar-refractivity contribution in [2.45, 2.75) is 61.6 Å². The fraction of sp³-hybridized carbons (Fsp3) is 0.333. The lowest BCUT2D eigenvalue weighted by Gasteiger charge is -2.21. The number of carbonyl (C=O) groups is 2. The van der Waals surface area contributed by atoms with Crippen LogP contribution in [0.25, 0.3) is 0 Å². The van der Waals surface area contributed by atoms with Gasteiger partial charge in [-0.15, -0.1) is 17.6 Å². The van der Waals surface area contributed by atoms with Crippen LogP contribution in [0.2, 0.25) is 0 Å². The summed E-state index contributed by atoms with van der Waals surface area (Å²) in [5.74, 6) is 8.59. The second kappa shape index (κ2) is 25.0. The van der Waals surface area contributed by atoms with E-state index in [1.807, 2.05) is 18.2 Å². The van der Waals surface area contributed by atoms with E-state index < -0.39 is 34.2 Å². The summed E-state index contributed by atoms with van der Waals surface area (Å²) in [5, 5.41) is 43.2. The van der Waals surface area contributed by atoms with Gasteiger partial charge < -0.3 is 51.0 Å². The molecule has 0 spiro atoms. The molecule has 2 amide bonds. The highest BCUT2D eigenvalue weighted by Gasteiger charge is 2.27. The van der Waals surface area contributed by atoms with Crippen LogP contribution in [0.3, 0.4) is 0 Å². The average molecular weight is 1040 g/mol. The number of fused-ring (bicyclic) bond motifs is 1. The normalized spacial score (nSPS) is 15.2. The van der Waals surface area contributed by atoms with E-state index in [1.54, 1.807) is 57.4 Å². The first-order chi connectivity index (χ1) is 32.1. The van der Waals surface area contributed by atoms with Gasteiger partial charge >= 0.3 is 0 Å². The Labute approximate surface area is 409 Å². The van der Waals surface area contributed by atoms with Crippen LogP contribution < -0.4 is 36.6 Å². The number of benzene rings is 4. The third-order valence-electron chi connectivity index (χ3n) is 8.65. The number of amidine groups is 4. The van der Waals surface area contributed by atoms with Crippen molar-refractivity contribution in [1.29, 1.82) is 0 Å². The van der Waals surface area contributed by atoms with Crippen LogP contribution >= 0.6 is 15.9 Å². The molecule has 0 radical (unpaired) electrons. The number of phenols is 3. The first-order valence-corrected chi connectivity index (χ1v) is 24.0. The molecule has 20 nitrogen and oxygen atoms in total. The predicted octanol–water partition coefficient (Wildman–Crippen LogP) is 6.44. The molecule has 0 saturated heterocycles. The SMILES string of the molecule is CC(C)C.CC(C)C.CNC(=O)c1cccc(NC2=NS(=O)N=C2NCc2ccc3c(c2)OCO3)c1O.Cc1cc(CN(N)C2=NS(=O)N=C2Nc2ccc(Br)c(C(=O)N(C)C)c2O)ccc1O. The van der Waals surface area contributed by atoms with Crippen molar-refractivity contribution in [2.24, 2.45) is 35.3 Å². The Morgan fingerprint density at radius 1 is 0.779 bits per heavy atom. The number of rotatable bonds is 8. The third kappa shape index (κ3) is 15.2. The van der Waals surface area contributed by atoms with E-state index in [9.17, 15) is 33.3 Å². The summed E-state index contributed by atoms with van der Waals surface area (Å²) < 4.78 is 50.6. The zero-order valence-corrected chi connectivity index (χ0v) is 42.6. The molecule has 0 fully saturated rings. The minimum atomic E-state index is -1.89. The largest absolute Gasteiger partial charge is 0.508 e. The molecule has 0 aromatic heterocycles. The van der Waals surface area contributed by atoms with Crippen molar-refractivity contribution >= 4 is 84.8 Å². The summed E-state index contributed by atoms with van der Waals surface area (Å²) in [6.07, 6.45) is 0. The van der Waals surface area contributed by atoms with Crippen molar-refractivity contribution in [3.63, 3.8) is 0 Å². The molecule has 4 aromatic rings. The number of para-hydroxylation sites is 1. The number of amides is 2. The van der Waals surface area contributed by atoms with Gasteiger partial charge in [-0.05, 0) is 93.8 Å². The second-order valence-corrected chi connectivity index (χ2v) is 19.0. The van der Waals surface area contributed by atoms with Crippen molar-refractivity contribution in [3.05, 3.63) is 99.0 Å². The molecule has 0 aliphatic carbocycles. The van der Waals surface area contributed by atoms with Crippen molar-refractivity contribution in [3.8, 4) is 28.7 Å². The quantitative estimate of drug-likeness (QED) is 0.0536. The number of phenolic OH excluding ortho intramolecular Hbond substituents is 3. The molecule has 3 aliphatic heterocycles. The highest BCUT2D eigenvalue weighted by molar-refractivity contribution is 9.10. The number of halogens is 1. The number of aryl methyl sites for hydroxylation is 1. The molecule has 0 bridgehead atoms. The average Bonchev–Trinajstić information content (AvgIpc) is 3.99. The van der Waals surface area contributed by atoms with Gasteiger partial charge in [0.15, 0.2) is 46.3 Å². The van der Waals surface area contributed by atoms with Gasteiger partial charge in [0.05, 0.1) is 29.0 Å². The molecular weight excluding hydrogens is 983 g/mol. The topological polar surface area (TPSA) is 277 Å². The van der Waals surface area contributed by atoms with Gasteiger partial charge in [-0.2, -0.15) is 0 Å². The van der Waals surface area contributed by atoms with Crippen LogP contribution in [-0.4, -0.2) is 96.7 Å². The molecule has 3 heterocycles. The van der Waals surface area contributed by atoms with Crippen molar-refractivity contribution < 1.29 is 42.8 Å². The molecule has 2 unspecified atom stereocenters. The van der Waals surface area contributed by atoms with Gasteiger partial charge in [-0.1, -0.05) is 65.8 Å². The maximum atomic E-state index is 12.4. The van der Waals surface area contributed by atoms with E-state index in [-0.39, 0.29) is 76.4 Å². The van der Waals surface area contributed by atoms with Gasteiger partial charge in [-0.25, -0.2) is 14.3 Å². The van der Waals surface area contributed by atoms with E-state index in [1.165, 1.54) is 29.1 Å². The maximum Gasteiger partial charge on any atom is 0.269 e. The first-order valence-electron chi connectivity index (χ1n) is 21.0. The number of hydrazine groups is 1. The summed E-state index contributed by atoms with van der Waals surface area (Å²) >= 11 is -0.410. The fourth-order valence-corrected chi connectivity index (χ4v) is 7.41. The van der Waals surface area contributed by atoms with Crippen LogP contribution in [0.15, 0.2) is 88.8 Å². The number of carbonyl (C=O) groups excluding carboxylic acids is 2. The molecule has 68 heavy (non-hydrogen) atoms. The van der Waals surface area contributed by atoms with Crippen LogP contribution in [-0.2, 0) is 35.4 Å². The van der Waals surface area contributed by atoms with Crippen molar-refractivity contribution in [1.82, 2.24) is 20.5 Å². The zero-order chi connectivity index (χ0) is 50.4. The molecule has 7 rings (SSSR count). The van der Waals surface area contributed by atoms with Gasteiger partial charge in [0.2, 0.25) is 6.79 Å². The lowest BCUT2D eigenvalue weighted by molar-refractivity contribution is 0.0823. The van der Waals surface area contributed by atoms with Crippen molar-refractivity contribution in [2.75, 3.05) is 38.6 Å². The number of nitrogens with zero attached hydrogens (tertiary/aromatic N) is 6. The number of nitrogens with two attached hydrogens (primary N) is 1. The maximum absolute atomic E-state index is 12.4. The lowest BCUT2D eigenvalue weighted by atomic mass is 10.1. The Bertz CT molecular complexity index is 2650. The van der Waals surface area contributed by atoms with Gasteiger partial charge in [0.1, 0.15) is 5.75 Å². The summed E-state index contributed by atoms with van der Waals surface area (Å²) in [4.78, 5) is 25.6. The Hall–Kier alpha value is -6.56. The van der Waals surface area contributed by atoms with E-state index in [4.69, 9.17) is 15.3 Å².